The number of carbonyl (C=O) groups excluding carboxylic acids is 1. The Hall–Kier alpha value is -3.26. The highest BCUT2D eigenvalue weighted by Crippen LogP contribution is 1.98. The first-order chi connectivity index (χ1) is 8.19. The zero-order valence-electron chi connectivity index (χ0n) is 12.1. The molecule has 2 aromatic rings. The van der Waals surface area contributed by atoms with E-state index in [9.17, 15) is 9.59 Å². The lowest BCUT2D eigenvalue weighted by Gasteiger charge is -1.89. The second-order valence-electron chi connectivity index (χ2n) is 2.58. The third-order valence-electron chi connectivity index (χ3n) is 1.52. The second kappa shape index (κ2) is 15.8. The van der Waals surface area contributed by atoms with Gasteiger partial charge in [0.15, 0.2) is 17.5 Å². The molecule has 0 atom stereocenters. The third kappa shape index (κ3) is 8.77. The van der Waals surface area contributed by atoms with Crippen LogP contribution in [0, 0.1) is 24.2 Å². The summed E-state index contributed by atoms with van der Waals surface area (Å²) in [5, 5.41) is 0. The van der Waals surface area contributed by atoms with Crippen LogP contribution >= 0.6 is 0 Å². The Labute approximate surface area is 126 Å². The van der Waals surface area contributed by atoms with E-state index in [4.69, 9.17) is 5.73 Å². The highest BCUT2D eigenvalue weighted by molar-refractivity contribution is 5.73. The number of terminal acetylenes is 1. The van der Waals surface area contributed by atoms with E-state index in [0.717, 1.165) is 0 Å². The average Bonchev–Trinajstić information content (AvgIpc) is 2.75. The maximum atomic E-state index is 11.0. The molecule has 0 radical (unpaired) electrons. The van der Waals surface area contributed by atoms with Gasteiger partial charge in [-0.3, -0.25) is 14.6 Å². The van der Waals surface area contributed by atoms with Crippen LogP contribution in [0.25, 0.3) is 11.2 Å². The van der Waals surface area contributed by atoms with Gasteiger partial charge in [0, 0.05) is 0 Å². The summed E-state index contributed by atoms with van der Waals surface area (Å²) < 4.78 is 0. The topological polar surface area (TPSA) is 293 Å². The number of nitrogens with two attached hydrogens (primary N) is 1. The Morgan fingerprint density at radius 2 is 1.82 bits per heavy atom. The number of fused-ring (bicyclic) bond motifs is 1. The number of nitrogens with one attached hydrogen (secondary N) is 2. The molecule has 2 heterocycles. The van der Waals surface area contributed by atoms with Gasteiger partial charge in [-0.1, -0.05) is 0 Å². The molecule has 22 heavy (non-hydrogen) atoms. The van der Waals surface area contributed by atoms with E-state index in [1.165, 1.54) is 6.33 Å². The van der Waals surface area contributed by atoms with E-state index in [1.54, 1.807) is 0 Å². The molecule has 2 aromatic heterocycles. The maximum absolute atomic E-state index is 11.0. The average molecular weight is 314 g/mol. The van der Waals surface area contributed by atoms with Crippen LogP contribution in [0.2, 0.25) is 0 Å². The predicted molar refractivity (Wildman–Crippen MR) is 86.7 cm³/mol. The van der Waals surface area contributed by atoms with E-state index in [1.807, 2.05) is 11.8 Å². The summed E-state index contributed by atoms with van der Waals surface area (Å²) in [6.45, 7) is 0. The molecular weight excluding hydrogens is 292 g/mol. The molecule has 0 amide bonds. The fourth-order valence-corrected chi connectivity index (χ4v) is 0.931. The quantitative estimate of drug-likeness (QED) is 0.235. The SMILES string of the molecule is C#CC#CC=O.N.N.N.N.N.Nc1nc2nc[nH]c2c(=O)[nH]1. The van der Waals surface area contributed by atoms with Crippen LogP contribution in [0.4, 0.5) is 5.95 Å². The van der Waals surface area contributed by atoms with Crippen molar-refractivity contribution < 1.29 is 4.79 Å². The predicted octanol–water partition coefficient (Wildman–Crippen LogP) is -0.140. The molecule has 0 saturated heterocycles. The van der Waals surface area contributed by atoms with Crippen LogP contribution in [-0.2, 0) is 4.79 Å². The van der Waals surface area contributed by atoms with E-state index < -0.39 is 0 Å². The van der Waals surface area contributed by atoms with Gasteiger partial charge in [0.2, 0.25) is 5.95 Å². The van der Waals surface area contributed by atoms with Crippen LogP contribution in [0.3, 0.4) is 0 Å². The standard InChI is InChI=1S/C5H5N5O.C5H2O.5H3N/c6-5-9-3-2(4(11)10-5)7-1-8-3;1-2-3-4-5-6;;;;;/h1H,(H4,6,7,8,9,10,11);1,5H;5*1H3. The number of H-pyrrole nitrogens is 2. The smallest absolute Gasteiger partial charge is 0.278 e. The Morgan fingerprint density at radius 1 is 1.23 bits per heavy atom. The monoisotopic (exact) mass is 314 g/mol. The number of aromatic nitrogens is 4. The molecule has 0 aliphatic rings. The summed E-state index contributed by atoms with van der Waals surface area (Å²) >= 11 is 0. The normalized spacial score (nSPS) is 6.32. The van der Waals surface area contributed by atoms with Gasteiger partial charge in [0.1, 0.15) is 0 Å². The van der Waals surface area contributed by atoms with Gasteiger partial charge in [-0.25, -0.2) is 4.98 Å². The van der Waals surface area contributed by atoms with Crippen LogP contribution in [0.5, 0.6) is 0 Å². The lowest BCUT2D eigenvalue weighted by molar-refractivity contribution is -0.103. The first-order valence-electron chi connectivity index (χ1n) is 4.27. The van der Waals surface area contributed by atoms with Crippen molar-refractivity contribution in [3.05, 3.63) is 16.7 Å². The van der Waals surface area contributed by atoms with Gasteiger partial charge in [-0.15, -0.1) is 6.42 Å². The molecule has 12 heteroatoms. The molecule has 0 saturated carbocycles. The molecule has 12 nitrogen and oxygen atoms in total. The molecule has 0 bridgehead atoms. The Balaban J connectivity index is -0.0000000795. The first-order valence-corrected chi connectivity index (χ1v) is 4.27. The molecule has 0 fully saturated rings. The van der Waals surface area contributed by atoms with Crippen LogP contribution in [-0.4, -0.2) is 26.2 Å². The van der Waals surface area contributed by atoms with Gasteiger partial charge >= 0.3 is 0 Å². The molecule has 19 N–H and O–H groups in total. The minimum Gasteiger partial charge on any atom is -0.369 e. The van der Waals surface area contributed by atoms with Crippen molar-refractivity contribution in [1.29, 1.82) is 0 Å². The summed E-state index contributed by atoms with van der Waals surface area (Å²) in [5.74, 6) is 6.19. The Morgan fingerprint density at radius 3 is 2.27 bits per heavy atom. The fraction of sp³-hybridized carbons (Fsp3) is 0. The van der Waals surface area contributed by atoms with Gasteiger partial charge in [0.25, 0.3) is 5.56 Å². The number of hydrogen-bond donors (Lipinski definition) is 8. The first kappa shape index (κ1) is 31.2. The number of imidazole rings is 1. The molecule has 124 valence electrons. The maximum Gasteiger partial charge on any atom is 0.278 e. The summed E-state index contributed by atoms with van der Waals surface area (Å²) in [7, 11) is 0. The zero-order chi connectivity index (χ0) is 12.7. The third-order valence-corrected chi connectivity index (χ3v) is 1.52. The number of nitrogen functional groups attached to an aromatic ring is 1. The van der Waals surface area contributed by atoms with E-state index in [-0.39, 0.29) is 42.3 Å². The van der Waals surface area contributed by atoms with Crippen LogP contribution < -0.4 is 42.0 Å². The largest absolute Gasteiger partial charge is 0.369 e. The van der Waals surface area contributed by atoms with Crippen molar-refractivity contribution in [2.24, 2.45) is 0 Å². The zero-order valence-corrected chi connectivity index (χ0v) is 12.1. The number of anilines is 1. The van der Waals surface area contributed by atoms with E-state index in [0.29, 0.717) is 17.5 Å². The Kier molecular flexibility index (Phi) is 22.4. The van der Waals surface area contributed by atoms with Crippen molar-refractivity contribution in [3.8, 4) is 24.2 Å². The van der Waals surface area contributed by atoms with Gasteiger partial charge in [-0.05, 0) is 17.8 Å². The minimum atomic E-state index is -0.301. The van der Waals surface area contributed by atoms with E-state index >= 15 is 0 Å². The van der Waals surface area contributed by atoms with Gasteiger partial charge in [0.05, 0.1) is 6.33 Å². The van der Waals surface area contributed by atoms with Crippen molar-refractivity contribution >= 4 is 23.4 Å². The summed E-state index contributed by atoms with van der Waals surface area (Å²) in [6.07, 6.45) is 6.49. The highest BCUT2D eigenvalue weighted by Gasteiger charge is 2.01. The molecule has 0 unspecified atom stereocenters. The molecule has 0 aromatic carbocycles. The van der Waals surface area contributed by atoms with E-state index in [2.05, 4.69) is 32.3 Å². The number of carbonyl (C=O) groups is 1. The molecule has 0 aliphatic heterocycles. The molecule has 2 rings (SSSR count). The molecular formula is C10H22N10O2. The van der Waals surface area contributed by atoms with Gasteiger partial charge < -0.3 is 41.5 Å². The number of aromatic amines is 2. The van der Waals surface area contributed by atoms with Gasteiger partial charge in [-0.2, -0.15) is 4.98 Å². The van der Waals surface area contributed by atoms with Crippen LogP contribution in [0.1, 0.15) is 0 Å². The van der Waals surface area contributed by atoms with Crippen molar-refractivity contribution in [3.63, 3.8) is 0 Å². The highest BCUT2D eigenvalue weighted by atomic mass is 16.1. The van der Waals surface area contributed by atoms with Crippen LogP contribution in [0.15, 0.2) is 11.1 Å². The lowest BCUT2D eigenvalue weighted by atomic mass is 10.5. The summed E-state index contributed by atoms with van der Waals surface area (Å²) in [6, 6.07) is 0. The van der Waals surface area contributed by atoms with Crippen molar-refractivity contribution in [2.45, 2.75) is 0 Å². The molecule has 0 aliphatic carbocycles. The number of hydrogen-bond acceptors (Lipinski definition) is 10. The number of nitrogens with zero attached hydrogens (tertiary/aromatic N) is 2. The van der Waals surface area contributed by atoms with Crippen molar-refractivity contribution in [2.75, 3.05) is 5.73 Å². The number of aldehydes is 1. The fourth-order valence-electron chi connectivity index (χ4n) is 0.931. The summed E-state index contributed by atoms with van der Waals surface area (Å²) in [5.41, 5.74) is 5.65. The summed E-state index contributed by atoms with van der Waals surface area (Å²) in [4.78, 5) is 32.8. The number of rotatable bonds is 0. The molecule has 0 spiro atoms. The Bertz CT molecular complexity index is 687. The van der Waals surface area contributed by atoms with Crippen molar-refractivity contribution in [1.82, 2.24) is 50.7 Å². The second-order valence-corrected chi connectivity index (χ2v) is 2.58. The lowest BCUT2D eigenvalue weighted by Crippen LogP contribution is -2.10. The minimum absolute atomic E-state index is 0.